The van der Waals surface area contributed by atoms with Gasteiger partial charge in [0.2, 0.25) is 0 Å². The predicted octanol–water partition coefficient (Wildman–Crippen LogP) is 13.5. The number of benzene rings is 9. The Balaban J connectivity index is 1.36. The maximum absolute atomic E-state index is 2.37. The molecule has 9 aromatic rings. The van der Waals surface area contributed by atoms with Crippen LogP contribution in [-0.2, 0) is 0 Å². The van der Waals surface area contributed by atoms with Crippen LogP contribution >= 0.6 is 0 Å². The van der Waals surface area contributed by atoms with E-state index in [-0.39, 0.29) is 0 Å². The Morgan fingerprint density at radius 1 is 0.188 bits per heavy atom. The first-order chi connectivity index (χ1) is 23.8. The largest absolute Gasteiger partial charge is 0.0622 e. The summed E-state index contributed by atoms with van der Waals surface area (Å²) in [6, 6.07) is 70.7. The summed E-state index contributed by atoms with van der Waals surface area (Å²) in [4.78, 5) is 0. The normalized spacial score (nSPS) is 11.3. The minimum atomic E-state index is 1.21. The van der Waals surface area contributed by atoms with Crippen molar-refractivity contribution >= 4 is 32.3 Å². The van der Waals surface area contributed by atoms with Crippen molar-refractivity contribution in [1.82, 2.24) is 0 Å². The van der Waals surface area contributed by atoms with Crippen LogP contribution in [0.15, 0.2) is 194 Å². The van der Waals surface area contributed by atoms with Crippen LogP contribution in [0.5, 0.6) is 0 Å². The molecule has 0 bridgehead atoms. The molecule has 0 heteroatoms. The molecule has 0 N–H and O–H groups in total. The van der Waals surface area contributed by atoms with Crippen LogP contribution in [-0.4, -0.2) is 0 Å². The van der Waals surface area contributed by atoms with E-state index in [0.29, 0.717) is 0 Å². The molecule has 9 rings (SSSR count). The summed E-state index contributed by atoms with van der Waals surface area (Å²) in [5.74, 6) is 0. The lowest BCUT2D eigenvalue weighted by atomic mass is 9.83. The van der Waals surface area contributed by atoms with Crippen molar-refractivity contribution in [3.63, 3.8) is 0 Å². The molecule has 0 saturated carbocycles. The molecule has 0 aliphatic heterocycles. The first kappa shape index (κ1) is 28.0. The summed E-state index contributed by atoms with van der Waals surface area (Å²) in [5, 5.41) is 7.56. The molecule has 0 amide bonds. The minimum Gasteiger partial charge on any atom is -0.0622 e. The maximum atomic E-state index is 2.37. The minimum absolute atomic E-state index is 1.21. The van der Waals surface area contributed by atoms with Gasteiger partial charge in [0.05, 0.1) is 0 Å². The van der Waals surface area contributed by atoms with E-state index in [1.54, 1.807) is 0 Å². The van der Waals surface area contributed by atoms with Gasteiger partial charge in [0.15, 0.2) is 0 Å². The third-order valence-corrected chi connectivity index (χ3v) is 9.65. The molecule has 0 saturated heterocycles. The fourth-order valence-electron chi connectivity index (χ4n) is 7.48. The Morgan fingerprint density at radius 3 is 1.00 bits per heavy atom. The van der Waals surface area contributed by atoms with Crippen LogP contribution in [0.2, 0.25) is 0 Å². The van der Waals surface area contributed by atoms with Crippen LogP contribution in [0.1, 0.15) is 0 Å². The van der Waals surface area contributed by atoms with Gasteiger partial charge in [-0.15, -0.1) is 0 Å². The van der Waals surface area contributed by atoms with Gasteiger partial charge in [-0.1, -0.05) is 176 Å². The molecule has 0 heterocycles. The van der Waals surface area contributed by atoms with Crippen molar-refractivity contribution in [2.75, 3.05) is 0 Å². The van der Waals surface area contributed by atoms with E-state index in [1.807, 2.05) is 0 Å². The van der Waals surface area contributed by atoms with Crippen molar-refractivity contribution in [2.24, 2.45) is 0 Å². The lowest BCUT2D eigenvalue weighted by molar-refractivity contribution is 1.58. The Morgan fingerprint density at radius 2 is 0.521 bits per heavy atom. The zero-order valence-corrected chi connectivity index (χ0v) is 26.5. The van der Waals surface area contributed by atoms with Crippen molar-refractivity contribution in [2.45, 2.75) is 0 Å². The highest BCUT2D eigenvalue weighted by atomic mass is 14.2. The summed E-state index contributed by atoms with van der Waals surface area (Å²) in [7, 11) is 0. The van der Waals surface area contributed by atoms with Crippen LogP contribution in [0.3, 0.4) is 0 Å². The third-order valence-electron chi connectivity index (χ3n) is 9.65. The van der Waals surface area contributed by atoms with E-state index in [2.05, 4.69) is 194 Å². The Kier molecular flexibility index (Phi) is 6.91. The van der Waals surface area contributed by atoms with Crippen LogP contribution in [0.25, 0.3) is 88.0 Å². The van der Waals surface area contributed by atoms with Gasteiger partial charge >= 0.3 is 0 Å². The van der Waals surface area contributed by atoms with Crippen molar-refractivity contribution < 1.29 is 0 Å². The molecule has 0 spiro atoms. The van der Waals surface area contributed by atoms with Gasteiger partial charge in [0.25, 0.3) is 0 Å². The Hall–Kier alpha value is -6.24. The molecule has 0 nitrogen and oxygen atoms in total. The van der Waals surface area contributed by atoms with E-state index in [4.69, 9.17) is 0 Å². The smallest absolute Gasteiger partial charge is 0.00201 e. The molecule has 9 aromatic carbocycles. The van der Waals surface area contributed by atoms with Crippen molar-refractivity contribution in [1.29, 1.82) is 0 Å². The predicted molar refractivity (Wildman–Crippen MR) is 206 cm³/mol. The highest BCUT2D eigenvalue weighted by Gasteiger charge is 2.20. The van der Waals surface area contributed by atoms with Gasteiger partial charge in [0, 0.05) is 0 Å². The second-order valence-electron chi connectivity index (χ2n) is 12.4. The first-order valence-electron chi connectivity index (χ1n) is 16.6. The zero-order chi connectivity index (χ0) is 31.9. The maximum Gasteiger partial charge on any atom is -0.00201 e. The number of hydrogen-bond acceptors (Lipinski definition) is 0. The molecular formula is C48H32. The molecule has 0 atom stereocenters. The van der Waals surface area contributed by atoms with Gasteiger partial charge in [-0.3, -0.25) is 0 Å². The average Bonchev–Trinajstić information content (AvgIpc) is 3.17. The van der Waals surface area contributed by atoms with Crippen LogP contribution in [0, 0.1) is 0 Å². The van der Waals surface area contributed by atoms with Crippen molar-refractivity contribution in [3.8, 4) is 55.6 Å². The fourth-order valence-corrected chi connectivity index (χ4v) is 7.48. The average molecular weight is 609 g/mol. The Labute approximate surface area is 281 Å². The van der Waals surface area contributed by atoms with Gasteiger partial charge in [-0.2, -0.15) is 0 Å². The molecule has 0 unspecified atom stereocenters. The summed E-state index contributed by atoms with van der Waals surface area (Å²) in [6.07, 6.45) is 0. The molecular weight excluding hydrogens is 577 g/mol. The summed E-state index contributed by atoms with van der Waals surface area (Å²) >= 11 is 0. The monoisotopic (exact) mass is 608 g/mol. The first-order valence-corrected chi connectivity index (χ1v) is 16.6. The highest BCUT2D eigenvalue weighted by Crippen LogP contribution is 2.47. The molecule has 0 aliphatic rings. The number of rotatable bonds is 5. The second kappa shape index (κ2) is 11.8. The highest BCUT2D eigenvalue weighted by molar-refractivity contribution is 6.24. The van der Waals surface area contributed by atoms with Crippen LogP contribution in [0.4, 0.5) is 0 Å². The fraction of sp³-hybridized carbons (Fsp3) is 0. The summed E-state index contributed by atoms with van der Waals surface area (Å²) in [6.45, 7) is 0. The number of hydrogen-bond donors (Lipinski definition) is 0. The Bertz CT molecular complexity index is 2460. The topological polar surface area (TPSA) is 0 Å². The van der Waals surface area contributed by atoms with Gasteiger partial charge in [-0.05, 0) is 106 Å². The summed E-state index contributed by atoms with van der Waals surface area (Å²) < 4.78 is 0. The standard InChI is InChI=1S/C48H32/c1-4-16-33(17-5-1)36-30-37(34-18-6-2-7-19-34)32-38(31-36)47-42-24-12-14-26-44(42)48(45-27-15-13-25-43(45)47)46-29-28-39(35-20-8-3-9-21-35)40-22-10-11-23-41(40)46/h1-32H. The quantitative estimate of drug-likeness (QED) is 0.171. The second-order valence-corrected chi connectivity index (χ2v) is 12.4. The molecule has 0 aliphatic carbocycles. The molecule has 0 aromatic heterocycles. The van der Waals surface area contributed by atoms with E-state index in [9.17, 15) is 0 Å². The SMILES string of the molecule is c1ccc(-c2cc(-c3ccccc3)cc(-c3c4ccccc4c(-c4ccc(-c5ccccc5)c5ccccc45)c4ccccc34)c2)cc1. The number of fused-ring (bicyclic) bond motifs is 3. The zero-order valence-electron chi connectivity index (χ0n) is 26.5. The lowest BCUT2D eigenvalue weighted by Gasteiger charge is -2.20. The van der Waals surface area contributed by atoms with E-state index in [0.717, 1.165) is 0 Å². The van der Waals surface area contributed by atoms with Gasteiger partial charge in [-0.25, -0.2) is 0 Å². The molecule has 0 radical (unpaired) electrons. The molecule has 48 heavy (non-hydrogen) atoms. The van der Waals surface area contributed by atoms with Gasteiger partial charge in [0.1, 0.15) is 0 Å². The van der Waals surface area contributed by atoms with Gasteiger partial charge < -0.3 is 0 Å². The molecule has 224 valence electrons. The van der Waals surface area contributed by atoms with Crippen LogP contribution < -0.4 is 0 Å². The van der Waals surface area contributed by atoms with E-state index < -0.39 is 0 Å². The lowest BCUT2D eigenvalue weighted by Crippen LogP contribution is -1.93. The summed E-state index contributed by atoms with van der Waals surface area (Å²) in [5.41, 5.74) is 12.4. The molecule has 0 fully saturated rings. The third kappa shape index (κ3) is 4.78. The van der Waals surface area contributed by atoms with E-state index in [1.165, 1.54) is 88.0 Å². The van der Waals surface area contributed by atoms with Crippen molar-refractivity contribution in [3.05, 3.63) is 194 Å². The van der Waals surface area contributed by atoms with E-state index >= 15 is 0 Å².